The Morgan fingerprint density at radius 3 is 2.04 bits per heavy atom. The summed E-state index contributed by atoms with van der Waals surface area (Å²) in [5.74, 6) is -1.02. The second-order valence-electron chi connectivity index (χ2n) is 22.8. The van der Waals surface area contributed by atoms with E-state index in [2.05, 4.69) is 172 Å². The Kier molecular flexibility index (Phi) is 15.5. The Labute approximate surface area is 472 Å². The number of para-hydroxylation sites is 3. The molecule has 9 aromatic rings. The summed E-state index contributed by atoms with van der Waals surface area (Å²) in [6.07, 6.45) is 8.11. The van der Waals surface area contributed by atoms with Crippen molar-refractivity contribution in [3.63, 3.8) is 0 Å². The van der Waals surface area contributed by atoms with Crippen molar-refractivity contribution in [3.8, 4) is 39.6 Å². The van der Waals surface area contributed by atoms with Crippen LogP contribution in [-0.2, 0) is 31.9 Å². The molecule has 10 rings (SSSR count). The van der Waals surface area contributed by atoms with Crippen molar-refractivity contribution in [2.45, 2.75) is 87.0 Å². The maximum Gasteiger partial charge on any atom is 0.136 e. The van der Waals surface area contributed by atoms with Crippen molar-refractivity contribution in [3.05, 3.63) is 229 Å². The van der Waals surface area contributed by atoms with Gasteiger partial charge < -0.3 is 19.1 Å². The third kappa shape index (κ3) is 10.9. The molecule has 3 heterocycles. The zero-order chi connectivity index (χ0) is 54.7. The maximum atomic E-state index is 16.6. The second-order valence-corrected chi connectivity index (χ2v) is 22.8. The first kappa shape index (κ1) is 55.3. The molecule has 0 bridgehead atoms. The van der Waals surface area contributed by atoms with Crippen LogP contribution in [0.3, 0.4) is 0 Å². The van der Waals surface area contributed by atoms with Crippen LogP contribution in [0.15, 0.2) is 170 Å². The van der Waals surface area contributed by atoms with E-state index in [0.29, 0.717) is 28.4 Å². The molecule has 0 unspecified atom stereocenters. The number of nitrogens with zero attached hydrogens (tertiary/aromatic N) is 4. The van der Waals surface area contributed by atoms with Crippen molar-refractivity contribution < 1.29 is 39.0 Å². The van der Waals surface area contributed by atoms with Gasteiger partial charge in [-0.2, -0.15) is 6.07 Å². The molecule has 0 saturated carbocycles. The van der Waals surface area contributed by atoms with E-state index in [0.717, 1.165) is 90.1 Å². The Morgan fingerprint density at radius 2 is 1.36 bits per heavy atom. The van der Waals surface area contributed by atoms with Gasteiger partial charge in [-0.1, -0.05) is 160 Å². The number of hydrogen-bond donors (Lipinski definition) is 0. The largest absolute Gasteiger partial charge is 0.509 e. The van der Waals surface area contributed by atoms with Crippen molar-refractivity contribution in [1.82, 2.24) is 9.55 Å². The number of allylic oxidation sites excluding steroid dienone is 5. The Bertz CT molecular complexity index is 3810. The number of anilines is 4. The summed E-state index contributed by atoms with van der Waals surface area (Å²) < 4.78 is 57.2. The molecule has 0 atom stereocenters. The molecule has 0 amide bonds. The van der Waals surface area contributed by atoms with Gasteiger partial charge in [0.25, 0.3) is 0 Å². The van der Waals surface area contributed by atoms with E-state index in [-0.39, 0.29) is 49.4 Å². The fraction of sp³-hybridized carbons (Fsp3) is 0.217. The smallest absolute Gasteiger partial charge is 0.136 e. The number of ether oxygens (including phenoxy) is 1. The van der Waals surface area contributed by atoms with Crippen LogP contribution in [0.5, 0.6) is 11.5 Å². The molecule has 0 saturated heterocycles. The first-order chi connectivity index (χ1) is 36.6. The van der Waals surface area contributed by atoms with E-state index >= 15 is 8.78 Å². The molecule has 0 N–H and O–H groups in total. The van der Waals surface area contributed by atoms with Gasteiger partial charge in [-0.25, -0.2) is 18.2 Å². The van der Waals surface area contributed by atoms with E-state index in [1.807, 2.05) is 89.4 Å². The molecule has 1 aliphatic rings. The quantitative estimate of drug-likeness (QED) is 0.0902. The van der Waals surface area contributed by atoms with Gasteiger partial charge in [-0.15, -0.1) is 53.6 Å². The molecular formula is C69H64F3N4OPt-3. The number of benzene rings is 7. The average molecular weight is 1220 g/mol. The number of pyridine rings is 1. The van der Waals surface area contributed by atoms with Crippen LogP contribution in [0.25, 0.3) is 55.5 Å². The Hall–Kier alpha value is -7.41. The molecule has 400 valence electrons. The van der Waals surface area contributed by atoms with Gasteiger partial charge in [0.1, 0.15) is 23.3 Å². The van der Waals surface area contributed by atoms with Gasteiger partial charge in [0.05, 0.1) is 5.56 Å². The summed E-state index contributed by atoms with van der Waals surface area (Å²) in [5.41, 5.74) is 11.2. The predicted octanol–water partition coefficient (Wildman–Crippen LogP) is 19.4. The number of aromatic nitrogens is 2. The van der Waals surface area contributed by atoms with E-state index in [1.54, 1.807) is 0 Å². The van der Waals surface area contributed by atoms with Crippen molar-refractivity contribution in [1.29, 1.82) is 0 Å². The number of aryl methyl sites for hydroxylation is 1. The minimum absolute atomic E-state index is 0. The predicted molar refractivity (Wildman–Crippen MR) is 313 cm³/mol. The first-order valence-corrected chi connectivity index (χ1v) is 26.3. The number of halogens is 3. The SMILES string of the molecule is C=C(/C=C(\C=C\C(C)C)c1cc(C(C)(C)C)cc(-c2c(F)cc(F)cc2F)c1N1[CH-]N(c2[c-]c(Oc3[c-]c4c(cc3)c3ccccc3n4-c3cc(C(C)(C)C)ccn3)cc(-c3ccccc3C)c2)c2ccccc21)C(C)C.[Pt]. The van der Waals surface area contributed by atoms with Crippen LogP contribution in [0.1, 0.15) is 91.5 Å². The molecular weight excluding hydrogens is 1150 g/mol. The summed E-state index contributed by atoms with van der Waals surface area (Å²) in [5, 5.41) is 2.09. The van der Waals surface area contributed by atoms with Crippen molar-refractivity contribution in [2.24, 2.45) is 11.8 Å². The summed E-state index contributed by atoms with van der Waals surface area (Å²) in [6.45, 7) is 29.7. The normalized spacial score (nSPS) is 13.1. The number of fused-ring (bicyclic) bond motifs is 4. The Morgan fingerprint density at radius 1 is 0.692 bits per heavy atom. The van der Waals surface area contributed by atoms with Gasteiger partial charge in [0.2, 0.25) is 0 Å². The van der Waals surface area contributed by atoms with Crippen molar-refractivity contribution in [2.75, 3.05) is 9.80 Å². The molecule has 1 aliphatic heterocycles. The number of rotatable bonds is 12. The Balaban J connectivity index is 0.00000740. The molecule has 0 radical (unpaired) electrons. The van der Waals surface area contributed by atoms with Crippen LogP contribution in [0, 0.1) is 55.0 Å². The monoisotopic (exact) mass is 1220 g/mol. The van der Waals surface area contributed by atoms with E-state index in [1.165, 1.54) is 0 Å². The fourth-order valence-electron chi connectivity index (χ4n) is 9.96. The second kappa shape index (κ2) is 21.8. The average Bonchev–Trinajstić information content (AvgIpc) is 4.06. The topological polar surface area (TPSA) is 33.5 Å². The van der Waals surface area contributed by atoms with Crippen LogP contribution in [-0.4, -0.2) is 9.55 Å². The molecule has 0 aliphatic carbocycles. The van der Waals surface area contributed by atoms with E-state index < -0.39 is 22.9 Å². The van der Waals surface area contributed by atoms with Gasteiger partial charge in [0.15, 0.2) is 0 Å². The summed E-state index contributed by atoms with van der Waals surface area (Å²) >= 11 is 0. The maximum absolute atomic E-state index is 16.6. The zero-order valence-corrected chi connectivity index (χ0v) is 48.4. The molecule has 7 aromatic carbocycles. The third-order valence-electron chi connectivity index (χ3n) is 14.3. The van der Waals surface area contributed by atoms with Crippen LogP contribution >= 0.6 is 0 Å². The van der Waals surface area contributed by atoms with Gasteiger partial charge >= 0.3 is 0 Å². The molecule has 2 aromatic heterocycles. The molecule has 0 spiro atoms. The molecule has 78 heavy (non-hydrogen) atoms. The summed E-state index contributed by atoms with van der Waals surface area (Å²) in [7, 11) is 0. The van der Waals surface area contributed by atoms with Gasteiger partial charge in [-0.3, -0.25) is 0 Å². The summed E-state index contributed by atoms with van der Waals surface area (Å²) in [6, 6.07) is 49.5. The summed E-state index contributed by atoms with van der Waals surface area (Å²) in [4.78, 5) is 8.91. The van der Waals surface area contributed by atoms with Crippen LogP contribution in [0.2, 0.25) is 0 Å². The minimum atomic E-state index is -1.01. The van der Waals surface area contributed by atoms with Crippen molar-refractivity contribution >= 4 is 50.1 Å². The fourth-order valence-corrected chi connectivity index (χ4v) is 9.96. The standard InChI is InChI=1S/C69H64F3N4O.Pt/c1-42(2)25-26-46(31-45(6)43(3)4)57-34-49(69(10,11)12)35-58(66-59(71)37-50(70)38-60(66)72)67(57)75-41-74(62-23-17-18-24-63(62)75)51-32-47(54-20-14-13-19-44(54)5)33-53(39-51)77-52-27-28-56-55-21-15-16-22-61(55)76(64(56)40-52)65-36-48(29-30-73-65)68(7,8)9;/h13-38,41-43H,6H2,1-5,7-12H3;/q-3;/b26-25+,46-31+;. The van der Waals surface area contributed by atoms with Gasteiger partial charge in [-0.05, 0) is 105 Å². The van der Waals surface area contributed by atoms with Crippen LogP contribution < -0.4 is 14.5 Å². The zero-order valence-electron chi connectivity index (χ0n) is 46.1. The van der Waals surface area contributed by atoms with Gasteiger partial charge in [0, 0.05) is 84.6 Å². The molecule has 0 fully saturated rings. The minimum Gasteiger partial charge on any atom is -0.509 e. The molecule has 9 heteroatoms. The molecule has 5 nitrogen and oxygen atoms in total. The number of hydrogen-bond acceptors (Lipinski definition) is 4. The van der Waals surface area contributed by atoms with Crippen LogP contribution in [0.4, 0.5) is 35.9 Å². The van der Waals surface area contributed by atoms with E-state index in [4.69, 9.17) is 9.72 Å². The first-order valence-electron chi connectivity index (χ1n) is 26.3. The van der Waals surface area contributed by atoms with E-state index in [9.17, 15) is 4.39 Å². The third-order valence-corrected chi connectivity index (χ3v) is 14.3.